The quantitative estimate of drug-likeness (QED) is 0.785. The highest BCUT2D eigenvalue weighted by molar-refractivity contribution is 5.91. The van der Waals surface area contributed by atoms with Gasteiger partial charge in [-0.3, -0.25) is 14.6 Å². The number of anilines is 1. The van der Waals surface area contributed by atoms with E-state index in [0.717, 1.165) is 36.7 Å². The molecular formula is C20H31N7O. The number of rotatable bonds is 7. The Morgan fingerprint density at radius 3 is 2.61 bits per heavy atom. The number of likely N-dealkylation sites (N-methyl/N-ethyl adjacent to an activating group) is 2. The molecule has 1 saturated heterocycles. The van der Waals surface area contributed by atoms with Crippen molar-refractivity contribution in [3.8, 4) is 5.95 Å². The Kier molecular flexibility index (Phi) is 6.41. The summed E-state index contributed by atoms with van der Waals surface area (Å²) < 4.78 is 1.60. The largest absolute Gasteiger partial charge is 0.309 e. The van der Waals surface area contributed by atoms with E-state index in [1.54, 1.807) is 4.68 Å². The zero-order valence-corrected chi connectivity index (χ0v) is 17.6. The number of aromatic nitrogens is 4. The van der Waals surface area contributed by atoms with E-state index >= 15 is 0 Å². The molecular weight excluding hydrogens is 354 g/mol. The summed E-state index contributed by atoms with van der Waals surface area (Å²) in [6.45, 7) is 11.4. The molecule has 3 rings (SSSR count). The number of amides is 1. The Bertz CT molecular complexity index is 812. The van der Waals surface area contributed by atoms with Crippen LogP contribution in [0.3, 0.4) is 0 Å². The minimum absolute atomic E-state index is 0.0610. The third kappa shape index (κ3) is 4.94. The fourth-order valence-corrected chi connectivity index (χ4v) is 3.91. The summed E-state index contributed by atoms with van der Waals surface area (Å²) in [5.41, 5.74) is 2.53. The van der Waals surface area contributed by atoms with Crippen molar-refractivity contribution in [2.45, 2.75) is 46.6 Å². The molecule has 1 aliphatic rings. The van der Waals surface area contributed by atoms with E-state index < -0.39 is 0 Å². The van der Waals surface area contributed by atoms with Gasteiger partial charge in [0.25, 0.3) is 5.95 Å². The molecule has 8 heteroatoms. The van der Waals surface area contributed by atoms with Gasteiger partial charge in [-0.25, -0.2) is 9.97 Å². The minimum Gasteiger partial charge on any atom is -0.309 e. The van der Waals surface area contributed by atoms with Gasteiger partial charge >= 0.3 is 0 Å². The Hall–Kier alpha value is -2.32. The molecule has 2 aromatic heterocycles. The van der Waals surface area contributed by atoms with E-state index in [4.69, 9.17) is 0 Å². The van der Waals surface area contributed by atoms with E-state index in [9.17, 15) is 4.79 Å². The van der Waals surface area contributed by atoms with Crippen LogP contribution in [0.4, 0.5) is 5.82 Å². The van der Waals surface area contributed by atoms with Crippen LogP contribution in [-0.4, -0.2) is 74.7 Å². The average Bonchev–Trinajstić information content (AvgIpc) is 3.19. The normalized spacial score (nSPS) is 17.4. The highest BCUT2D eigenvalue weighted by atomic mass is 16.2. The van der Waals surface area contributed by atoms with Gasteiger partial charge in [0.1, 0.15) is 5.82 Å². The summed E-state index contributed by atoms with van der Waals surface area (Å²) in [4.78, 5) is 26.1. The monoisotopic (exact) mass is 385 g/mol. The summed E-state index contributed by atoms with van der Waals surface area (Å²) in [5.74, 6) is 1.00. The molecule has 1 N–H and O–H groups in total. The van der Waals surface area contributed by atoms with Crippen molar-refractivity contribution < 1.29 is 4.79 Å². The molecule has 1 amide bonds. The van der Waals surface area contributed by atoms with Gasteiger partial charge in [-0.2, -0.15) is 9.78 Å². The smallest absolute Gasteiger partial charge is 0.252 e. The third-order valence-corrected chi connectivity index (χ3v) is 5.10. The van der Waals surface area contributed by atoms with E-state index in [1.807, 2.05) is 40.0 Å². The van der Waals surface area contributed by atoms with Crippen LogP contribution in [0, 0.1) is 20.8 Å². The first-order chi connectivity index (χ1) is 13.4. The molecule has 1 unspecified atom stereocenters. The number of likely N-dealkylation sites (tertiary alicyclic amines) is 1. The number of nitrogens with one attached hydrogen (secondary N) is 1. The van der Waals surface area contributed by atoms with Crippen molar-refractivity contribution in [3.05, 3.63) is 29.2 Å². The van der Waals surface area contributed by atoms with Crippen LogP contribution in [0.1, 0.15) is 36.8 Å². The SMILES string of the molecule is CCN1CCCC1CN(C)CC(=O)Nc1cc(C)nn1-c1nc(C)cc(C)n1. The van der Waals surface area contributed by atoms with Crippen LogP contribution in [0.15, 0.2) is 12.1 Å². The van der Waals surface area contributed by atoms with Crippen LogP contribution in [0.5, 0.6) is 0 Å². The molecule has 0 radical (unpaired) electrons. The molecule has 1 atom stereocenters. The summed E-state index contributed by atoms with van der Waals surface area (Å²) in [5, 5.41) is 7.43. The fraction of sp³-hybridized carbons (Fsp3) is 0.600. The molecule has 8 nitrogen and oxygen atoms in total. The maximum absolute atomic E-state index is 12.6. The number of carbonyl (C=O) groups is 1. The Labute approximate surface area is 167 Å². The van der Waals surface area contributed by atoms with Gasteiger partial charge in [-0.05, 0) is 59.8 Å². The zero-order chi connectivity index (χ0) is 20.3. The summed E-state index contributed by atoms with van der Waals surface area (Å²) in [6.07, 6.45) is 2.45. The van der Waals surface area contributed by atoms with Crippen molar-refractivity contribution in [2.75, 3.05) is 38.5 Å². The summed E-state index contributed by atoms with van der Waals surface area (Å²) in [6, 6.07) is 4.30. The fourth-order valence-electron chi connectivity index (χ4n) is 3.91. The predicted molar refractivity (Wildman–Crippen MR) is 110 cm³/mol. The average molecular weight is 386 g/mol. The van der Waals surface area contributed by atoms with Gasteiger partial charge in [0.05, 0.1) is 12.2 Å². The summed E-state index contributed by atoms with van der Waals surface area (Å²) in [7, 11) is 2.00. The van der Waals surface area contributed by atoms with E-state index in [0.29, 0.717) is 24.4 Å². The van der Waals surface area contributed by atoms with Crippen molar-refractivity contribution in [1.82, 2.24) is 29.5 Å². The maximum atomic E-state index is 12.6. The third-order valence-electron chi connectivity index (χ3n) is 5.10. The van der Waals surface area contributed by atoms with Crippen molar-refractivity contribution in [3.63, 3.8) is 0 Å². The molecule has 3 heterocycles. The van der Waals surface area contributed by atoms with Gasteiger partial charge in [-0.1, -0.05) is 6.92 Å². The van der Waals surface area contributed by atoms with E-state index in [-0.39, 0.29) is 5.91 Å². The van der Waals surface area contributed by atoms with Gasteiger partial charge < -0.3 is 5.32 Å². The predicted octanol–water partition coefficient (Wildman–Crippen LogP) is 1.94. The second-order valence-corrected chi connectivity index (χ2v) is 7.70. The van der Waals surface area contributed by atoms with Crippen LogP contribution in [0.2, 0.25) is 0 Å². The highest BCUT2D eigenvalue weighted by Crippen LogP contribution is 2.18. The molecule has 0 aromatic carbocycles. The molecule has 0 bridgehead atoms. The Balaban J connectivity index is 1.66. The van der Waals surface area contributed by atoms with Gasteiger partial charge in [-0.15, -0.1) is 0 Å². The molecule has 2 aromatic rings. The molecule has 1 aliphatic heterocycles. The lowest BCUT2D eigenvalue weighted by Gasteiger charge is -2.27. The number of aryl methyl sites for hydroxylation is 3. The number of hydrogen-bond acceptors (Lipinski definition) is 6. The Morgan fingerprint density at radius 2 is 1.93 bits per heavy atom. The van der Waals surface area contributed by atoms with Crippen molar-refractivity contribution in [1.29, 1.82) is 0 Å². The molecule has 1 fully saturated rings. The number of hydrogen-bond donors (Lipinski definition) is 1. The lowest BCUT2D eigenvalue weighted by atomic mass is 10.2. The lowest BCUT2D eigenvalue weighted by Crippen LogP contribution is -2.41. The Morgan fingerprint density at radius 1 is 1.21 bits per heavy atom. The first-order valence-corrected chi connectivity index (χ1v) is 9.97. The second kappa shape index (κ2) is 8.79. The summed E-state index contributed by atoms with van der Waals surface area (Å²) >= 11 is 0. The first-order valence-electron chi connectivity index (χ1n) is 9.97. The highest BCUT2D eigenvalue weighted by Gasteiger charge is 2.24. The molecule has 28 heavy (non-hydrogen) atoms. The molecule has 0 saturated carbocycles. The number of carbonyl (C=O) groups excluding carboxylic acids is 1. The minimum atomic E-state index is -0.0610. The molecule has 0 spiro atoms. The van der Waals surface area contributed by atoms with E-state index in [2.05, 4.69) is 37.1 Å². The van der Waals surface area contributed by atoms with Gasteiger partial charge in [0.2, 0.25) is 5.91 Å². The van der Waals surface area contributed by atoms with Gasteiger partial charge in [0, 0.05) is 30.0 Å². The van der Waals surface area contributed by atoms with Crippen LogP contribution in [0.25, 0.3) is 5.95 Å². The van der Waals surface area contributed by atoms with Gasteiger partial charge in [0.15, 0.2) is 0 Å². The van der Waals surface area contributed by atoms with Crippen LogP contribution in [-0.2, 0) is 4.79 Å². The molecule has 0 aliphatic carbocycles. The topological polar surface area (TPSA) is 79.2 Å². The maximum Gasteiger partial charge on any atom is 0.252 e. The molecule has 152 valence electrons. The van der Waals surface area contributed by atoms with Crippen molar-refractivity contribution in [2.24, 2.45) is 0 Å². The first kappa shape index (κ1) is 20.4. The van der Waals surface area contributed by atoms with Crippen LogP contribution >= 0.6 is 0 Å². The van der Waals surface area contributed by atoms with E-state index in [1.165, 1.54) is 12.8 Å². The van der Waals surface area contributed by atoms with Crippen molar-refractivity contribution >= 4 is 11.7 Å². The number of nitrogens with zero attached hydrogens (tertiary/aromatic N) is 6. The van der Waals surface area contributed by atoms with Crippen LogP contribution < -0.4 is 5.32 Å². The second-order valence-electron chi connectivity index (χ2n) is 7.70. The lowest BCUT2D eigenvalue weighted by molar-refractivity contribution is -0.117. The zero-order valence-electron chi connectivity index (χ0n) is 17.6. The standard InChI is InChI=1S/C20H31N7O/c1-6-26-9-7-8-17(26)12-25(5)13-19(28)23-18-11-16(4)24-27(18)20-21-14(2)10-15(3)22-20/h10-11,17H,6-9,12-13H2,1-5H3,(H,23,28).